The second-order valence-electron chi connectivity index (χ2n) is 7.48. The molecule has 4 aromatic carbocycles. The van der Waals surface area contributed by atoms with Gasteiger partial charge < -0.3 is 9.47 Å². The highest BCUT2D eigenvalue weighted by atomic mass is 79.9. The van der Waals surface area contributed by atoms with E-state index in [4.69, 9.17) is 9.47 Å². The fourth-order valence-electron chi connectivity index (χ4n) is 3.54. The van der Waals surface area contributed by atoms with Crippen molar-refractivity contribution in [2.75, 3.05) is 0 Å². The van der Waals surface area contributed by atoms with Crippen LogP contribution in [-0.4, -0.2) is 11.8 Å². The van der Waals surface area contributed by atoms with Gasteiger partial charge in [-0.1, -0.05) is 70.5 Å². The molecule has 5 heteroatoms. The number of benzene rings is 4. The third-order valence-electron chi connectivity index (χ3n) is 5.25. The van der Waals surface area contributed by atoms with Crippen LogP contribution in [0.1, 0.15) is 26.3 Å². The summed E-state index contributed by atoms with van der Waals surface area (Å²) < 4.78 is 12.1. The number of ketones is 1. The highest BCUT2D eigenvalue weighted by molar-refractivity contribution is 9.10. The predicted molar refractivity (Wildman–Crippen MR) is 130 cm³/mol. The summed E-state index contributed by atoms with van der Waals surface area (Å²) in [5, 5.41) is 0. The molecule has 1 aliphatic heterocycles. The first kappa shape index (κ1) is 20.9. The van der Waals surface area contributed by atoms with E-state index in [0.29, 0.717) is 22.6 Å². The Balaban J connectivity index is 1.33. The van der Waals surface area contributed by atoms with Crippen molar-refractivity contribution in [3.63, 3.8) is 0 Å². The zero-order chi connectivity index (χ0) is 22.8. The standard InChI is InChI=1S/C28H17BrO4/c29-22-12-10-21(11-13-22)28(31)32-23-14-15-24-25(17-23)33-26(27(24)30)16-18-6-8-20(9-7-18)19-4-2-1-3-5-19/h1-17H/b26-16-. The molecule has 0 aromatic heterocycles. The summed E-state index contributed by atoms with van der Waals surface area (Å²) in [6.45, 7) is 0. The molecule has 0 aliphatic carbocycles. The molecule has 0 spiro atoms. The van der Waals surface area contributed by atoms with E-state index in [-0.39, 0.29) is 11.5 Å². The Morgan fingerprint density at radius 2 is 1.52 bits per heavy atom. The van der Waals surface area contributed by atoms with E-state index in [9.17, 15) is 9.59 Å². The molecule has 0 radical (unpaired) electrons. The minimum absolute atomic E-state index is 0.206. The van der Waals surface area contributed by atoms with Crippen LogP contribution < -0.4 is 9.47 Å². The summed E-state index contributed by atoms with van der Waals surface area (Å²) in [4.78, 5) is 25.1. The smallest absolute Gasteiger partial charge is 0.343 e. The van der Waals surface area contributed by atoms with Crippen molar-refractivity contribution >= 4 is 33.8 Å². The van der Waals surface area contributed by atoms with Gasteiger partial charge in [-0.05, 0) is 59.2 Å². The van der Waals surface area contributed by atoms with Crippen molar-refractivity contribution in [3.8, 4) is 22.6 Å². The molecule has 160 valence electrons. The second kappa shape index (κ2) is 8.88. The molecule has 0 amide bonds. The van der Waals surface area contributed by atoms with Gasteiger partial charge in [0.15, 0.2) is 5.76 Å². The van der Waals surface area contributed by atoms with Crippen LogP contribution in [0, 0.1) is 0 Å². The van der Waals surface area contributed by atoms with Gasteiger partial charge in [-0.3, -0.25) is 4.79 Å². The number of esters is 1. The molecular formula is C28H17BrO4. The molecule has 33 heavy (non-hydrogen) atoms. The second-order valence-corrected chi connectivity index (χ2v) is 8.40. The summed E-state index contributed by atoms with van der Waals surface area (Å²) >= 11 is 3.34. The topological polar surface area (TPSA) is 52.6 Å². The first-order chi connectivity index (χ1) is 16.1. The van der Waals surface area contributed by atoms with E-state index in [1.165, 1.54) is 0 Å². The average Bonchev–Trinajstić information content (AvgIpc) is 3.15. The summed E-state index contributed by atoms with van der Waals surface area (Å²) in [6, 6.07) is 29.6. The van der Waals surface area contributed by atoms with Crippen LogP contribution in [0.2, 0.25) is 0 Å². The molecule has 4 aromatic rings. The van der Waals surface area contributed by atoms with Gasteiger partial charge in [0.25, 0.3) is 0 Å². The summed E-state index contributed by atoms with van der Waals surface area (Å²) in [5.41, 5.74) is 3.94. The average molecular weight is 497 g/mol. The Morgan fingerprint density at radius 1 is 0.818 bits per heavy atom. The number of ether oxygens (including phenoxy) is 2. The van der Waals surface area contributed by atoms with Crippen LogP contribution in [-0.2, 0) is 0 Å². The number of carbonyl (C=O) groups excluding carboxylic acids is 2. The minimum Gasteiger partial charge on any atom is -0.452 e. The molecule has 4 nitrogen and oxygen atoms in total. The van der Waals surface area contributed by atoms with Crippen LogP contribution in [0.4, 0.5) is 0 Å². The summed E-state index contributed by atoms with van der Waals surface area (Å²) in [5.74, 6) is 0.217. The molecule has 0 N–H and O–H groups in total. The van der Waals surface area contributed by atoms with Crippen molar-refractivity contribution in [3.05, 3.63) is 124 Å². The normalized spacial score (nSPS) is 13.5. The molecule has 0 bridgehead atoms. The van der Waals surface area contributed by atoms with Gasteiger partial charge in [0.1, 0.15) is 11.5 Å². The zero-order valence-corrected chi connectivity index (χ0v) is 18.9. The van der Waals surface area contributed by atoms with Gasteiger partial charge in [0, 0.05) is 10.5 Å². The predicted octanol–water partition coefficient (Wildman–Crippen LogP) is 6.95. The number of hydrogen-bond donors (Lipinski definition) is 0. The van der Waals surface area contributed by atoms with Crippen molar-refractivity contribution in [2.45, 2.75) is 0 Å². The number of rotatable bonds is 4. The summed E-state index contributed by atoms with van der Waals surface area (Å²) in [6.07, 6.45) is 1.71. The van der Waals surface area contributed by atoms with Crippen LogP contribution in [0.25, 0.3) is 17.2 Å². The van der Waals surface area contributed by atoms with Crippen LogP contribution in [0.15, 0.2) is 107 Å². The van der Waals surface area contributed by atoms with Gasteiger partial charge in [0.05, 0.1) is 11.1 Å². The summed E-state index contributed by atoms with van der Waals surface area (Å²) in [7, 11) is 0. The van der Waals surface area contributed by atoms with E-state index in [0.717, 1.165) is 21.2 Å². The number of halogens is 1. The molecule has 5 rings (SSSR count). The molecule has 1 aliphatic rings. The molecule has 0 saturated carbocycles. The molecule has 0 atom stereocenters. The van der Waals surface area contributed by atoms with E-state index in [2.05, 4.69) is 28.1 Å². The van der Waals surface area contributed by atoms with Gasteiger partial charge in [-0.25, -0.2) is 4.79 Å². The number of allylic oxidation sites excluding steroid dienone is 1. The Bertz CT molecular complexity index is 1370. The van der Waals surface area contributed by atoms with Gasteiger partial charge >= 0.3 is 5.97 Å². The maximum Gasteiger partial charge on any atom is 0.343 e. The van der Waals surface area contributed by atoms with Crippen molar-refractivity contribution in [2.24, 2.45) is 0 Å². The number of Topliss-reactive ketones (excluding diaryl/α,β-unsaturated/α-hetero) is 1. The molecular weight excluding hydrogens is 480 g/mol. The number of carbonyl (C=O) groups is 2. The maximum atomic E-state index is 12.8. The van der Waals surface area contributed by atoms with Crippen LogP contribution >= 0.6 is 15.9 Å². The third kappa shape index (κ3) is 4.49. The quantitative estimate of drug-likeness (QED) is 0.174. The van der Waals surface area contributed by atoms with Crippen molar-refractivity contribution < 1.29 is 19.1 Å². The monoisotopic (exact) mass is 496 g/mol. The minimum atomic E-state index is -0.485. The van der Waals surface area contributed by atoms with E-state index < -0.39 is 5.97 Å². The largest absolute Gasteiger partial charge is 0.452 e. The highest BCUT2D eigenvalue weighted by Gasteiger charge is 2.28. The first-order valence-electron chi connectivity index (χ1n) is 10.3. The van der Waals surface area contributed by atoms with E-state index >= 15 is 0 Å². The van der Waals surface area contributed by atoms with Gasteiger partial charge in [-0.15, -0.1) is 0 Å². The van der Waals surface area contributed by atoms with E-state index in [1.54, 1.807) is 48.5 Å². The Kier molecular flexibility index (Phi) is 5.63. The fourth-order valence-corrected chi connectivity index (χ4v) is 3.80. The Hall–Kier alpha value is -3.96. The number of fused-ring (bicyclic) bond motifs is 1. The molecule has 0 fully saturated rings. The Labute approximate surface area is 199 Å². The lowest BCUT2D eigenvalue weighted by Gasteiger charge is -2.06. The van der Waals surface area contributed by atoms with Crippen LogP contribution in [0.3, 0.4) is 0 Å². The Morgan fingerprint density at radius 3 is 2.24 bits per heavy atom. The lowest BCUT2D eigenvalue weighted by atomic mass is 10.0. The molecule has 1 heterocycles. The third-order valence-corrected chi connectivity index (χ3v) is 5.78. The van der Waals surface area contributed by atoms with Crippen LogP contribution in [0.5, 0.6) is 11.5 Å². The van der Waals surface area contributed by atoms with Crippen molar-refractivity contribution in [1.29, 1.82) is 0 Å². The fraction of sp³-hybridized carbons (Fsp3) is 0. The maximum absolute atomic E-state index is 12.8. The molecule has 0 saturated heterocycles. The number of hydrogen-bond acceptors (Lipinski definition) is 4. The van der Waals surface area contributed by atoms with E-state index in [1.807, 2.05) is 42.5 Å². The first-order valence-corrected chi connectivity index (χ1v) is 11.1. The van der Waals surface area contributed by atoms with Gasteiger partial charge in [-0.2, -0.15) is 0 Å². The van der Waals surface area contributed by atoms with Crippen molar-refractivity contribution in [1.82, 2.24) is 0 Å². The highest BCUT2D eigenvalue weighted by Crippen LogP contribution is 2.35. The lowest BCUT2D eigenvalue weighted by Crippen LogP contribution is -2.08. The van der Waals surface area contributed by atoms with Gasteiger partial charge in [0.2, 0.25) is 5.78 Å². The molecule has 0 unspecified atom stereocenters. The SMILES string of the molecule is O=C(Oc1ccc2c(c1)O/C(=C\c1ccc(-c3ccccc3)cc1)C2=O)c1ccc(Br)cc1. The lowest BCUT2D eigenvalue weighted by molar-refractivity contribution is 0.0734. The zero-order valence-electron chi connectivity index (χ0n) is 17.3.